The molecule has 2 amide bonds. The van der Waals surface area contributed by atoms with Crippen LogP contribution in [0.4, 0.5) is 4.39 Å². The van der Waals surface area contributed by atoms with Gasteiger partial charge in [0.2, 0.25) is 11.8 Å². The van der Waals surface area contributed by atoms with Gasteiger partial charge in [0.1, 0.15) is 5.82 Å². The van der Waals surface area contributed by atoms with Crippen molar-refractivity contribution in [2.75, 3.05) is 33.3 Å². The normalized spacial score (nSPS) is 14.4. The predicted molar refractivity (Wildman–Crippen MR) is 84.5 cm³/mol. The third-order valence-electron chi connectivity index (χ3n) is 4.02. The standard InChI is InChI=1S/C17H21FN2O4/c1-24-17(23)7-6-15(21)19-8-10-20(11-9-19)16(22)12-13-2-4-14(18)5-3-13/h2-5H,6-12H2,1H3. The Bertz CT molecular complexity index is 595. The average Bonchev–Trinajstić information content (AvgIpc) is 2.61. The summed E-state index contributed by atoms with van der Waals surface area (Å²) in [4.78, 5) is 38.7. The number of methoxy groups -OCH3 is 1. The van der Waals surface area contributed by atoms with Crippen LogP contribution >= 0.6 is 0 Å². The largest absolute Gasteiger partial charge is 0.469 e. The van der Waals surface area contributed by atoms with Gasteiger partial charge in [-0.3, -0.25) is 14.4 Å². The van der Waals surface area contributed by atoms with Crippen LogP contribution in [0.3, 0.4) is 0 Å². The van der Waals surface area contributed by atoms with Crippen molar-refractivity contribution in [1.82, 2.24) is 9.80 Å². The molecule has 1 aliphatic rings. The number of hydrogen-bond donors (Lipinski definition) is 0. The molecule has 2 rings (SSSR count). The van der Waals surface area contributed by atoms with Gasteiger partial charge < -0.3 is 14.5 Å². The summed E-state index contributed by atoms with van der Waals surface area (Å²) in [5.41, 5.74) is 0.762. The monoisotopic (exact) mass is 336 g/mol. The minimum atomic E-state index is -0.406. The highest BCUT2D eigenvalue weighted by atomic mass is 19.1. The van der Waals surface area contributed by atoms with Crippen LogP contribution in [0, 0.1) is 5.82 Å². The molecule has 0 aromatic heterocycles. The lowest BCUT2D eigenvalue weighted by Crippen LogP contribution is -2.51. The Morgan fingerprint density at radius 1 is 0.958 bits per heavy atom. The molecule has 1 aromatic rings. The summed E-state index contributed by atoms with van der Waals surface area (Å²) in [5.74, 6) is -0.879. The van der Waals surface area contributed by atoms with Gasteiger partial charge in [0, 0.05) is 32.6 Å². The van der Waals surface area contributed by atoms with Gasteiger partial charge in [-0.25, -0.2) is 4.39 Å². The quantitative estimate of drug-likeness (QED) is 0.752. The molecule has 1 heterocycles. The second-order valence-electron chi connectivity index (χ2n) is 5.64. The minimum Gasteiger partial charge on any atom is -0.469 e. The fourth-order valence-corrected chi connectivity index (χ4v) is 2.56. The van der Waals surface area contributed by atoms with Crippen LogP contribution in [0.1, 0.15) is 18.4 Å². The number of carbonyl (C=O) groups excluding carboxylic acids is 3. The van der Waals surface area contributed by atoms with Gasteiger partial charge in [0.05, 0.1) is 20.0 Å². The molecule has 0 atom stereocenters. The number of esters is 1. The summed E-state index contributed by atoms with van der Waals surface area (Å²) in [6.07, 6.45) is 0.409. The number of benzene rings is 1. The van der Waals surface area contributed by atoms with Gasteiger partial charge >= 0.3 is 5.97 Å². The molecule has 0 aliphatic carbocycles. The summed E-state index contributed by atoms with van der Waals surface area (Å²) in [5, 5.41) is 0. The third-order valence-corrected chi connectivity index (χ3v) is 4.02. The number of nitrogens with zero attached hydrogens (tertiary/aromatic N) is 2. The molecule has 130 valence electrons. The first-order valence-electron chi connectivity index (χ1n) is 7.86. The van der Waals surface area contributed by atoms with Crippen molar-refractivity contribution in [3.63, 3.8) is 0 Å². The Hall–Kier alpha value is -2.44. The lowest BCUT2D eigenvalue weighted by atomic mass is 10.1. The van der Waals surface area contributed by atoms with E-state index in [0.29, 0.717) is 26.2 Å². The summed E-state index contributed by atoms with van der Waals surface area (Å²) in [7, 11) is 1.29. The molecular weight excluding hydrogens is 315 g/mol. The van der Waals surface area contributed by atoms with Gasteiger partial charge in [-0.15, -0.1) is 0 Å². The molecule has 0 spiro atoms. The molecule has 0 saturated carbocycles. The first-order chi connectivity index (χ1) is 11.5. The van der Waals surface area contributed by atoms with Crippen LogP contribution in [-0.4, -0.2) is 60.9 Å². The molecule has 1 aromatic carbocycles. The highest BCUT2D eigenvalue weighted by Gasteiger charge is 2.24. The number of piperazine rings is 1. The van der Waals surface area contributed by atoms with Crippen molar-refractivity contribution in [1.29, 1.82) is 0 Å². The van der Waals surface area contributed by atoms with Crippen molar-refractivity contribution in [2.24, 2.45) is 0 Å². The summed E-state index contributed by atoms with van der Waals surface area (Å²) >= 11 is 0. The van der Waals surface area contributed by atoms with E-state index in [1.54, 1.807) is 21.9 Å². The first-order valence-corrected chi connectivity index (χ1v) is 7.86. The molecule has 6 nitrogen and oxygen atoms in total. The molecule has 1 fully saturated rings. The Balaban J connectivity index is 1.77. The Morgan fingerprint density at radius 3 is 2.04 bits per heavy atom. The number of rotatable bonds is 5. The zero-order valence-electron chi connectivity index (χ0n) is 13.7. The maximum Gasteiger partial charge on any atom is 0.306 e. The van der Waals surface area contributed by atoms with Crippen LogP contribution in [0.15, 0.2) is 24.3 Å². The molecule has 24 heavy (non-hydrogen) atoms. The second kappa shape index (κ2) is 8.42. The van der Waals surface area contributed by atoms with E-state index in [9.17, 15) is 18.8 Å². The van der Waals surface area contributed by atoms with Gasteiger partial charge in [0.15, 0.2) is 0 Å². The van der Waals surface area contributed by atoms with E-state index < -0.39 is 5.97 Å². The Labute approximate surface area is 140 Å². The number of carbonyl (C=O) groups is 3. The van der Waals surface area contributed by atoms with E-state index >= 15 is 0 Å². The molecule has 7 heteroatoms. The number of halogens is 1. The van der Waals surface area contributed by atoms with Crippen molar-refractivity contribution in [3.05, 3.63) is 35.6 Å². The average molecular weight is 336 g/mol. The van der Waals surface area contributed by atoms with Crippen molar-refractivity contribution < 1.29 is 23.5 Å². The molecule has 0 radical (unpaired) electrons. The van der Waals surface area contributed by atoms with Gasteiger partial charge in [-0.2, -0.15) is 0 Å². The highest BCUT2D eigenvalue weighted by Crippen LogP contribution is 2.09. The molecule has 1 aliphatic heterocycles. The van der Waals surface area contributed by atoms with E-state index in [2.05, 4.69) is 4.74 Å². The number of hydrogen-bond acceptors (Lipinski definition) is 4. The van der Waals surface area contributed by atoms with Crippen molar-refractivity contribution in [3.8, 4) is 0 Å². The van der Waals surface area contributed by atoms with E-state index in [0.717, 1.165) is 5.56 Å². The smallest absolute Gasteiger partial charge is 0.306 e. The van der Waals surface area contributed by atoms with Crippen molar-refractivity contribution >= 4 is 17.8 Å². The molecular formula is C17H21FN2O4. The zero-order valence-corrected chi connectivity index (χ0v) is 13.7. The van der Waals surface area contributed by atoms with E-state index in [-0.39, 0.29) is 36.9 Å². The van der Waals surface area contributed by atoms with Crippen LogP contribution < -0.4 is 0 Å². The summed E-state index contributed by atoms with van der Waals surface area (Å²) in [6, 6.07) is 5.86. The van der Waals surface area contributed by atoms with Crippen LogP contribution in [-0.2, 0) is 25.5 Å². The summed E-state index contributed by atoms with van der Waals surface area (Å²) in [6.45, 7) is 1.83. The van der Waals surface area contributed by atoms with Gasteiger partial charge in [0.25, 0.3) is 0 Å². The zero-order chi connectivity index (χ0) is 17.5. The maximum atomic E-state index is 12.9. The van der Waals surface area contributed by atoms with Gasteiger partial charge in [-0.05, 0) is 17.7 Å². The molecule has 1 saturated heterocycles. The molecule has 0 bridgehead atoms. The topological polar surface area (TPSA) is 66.9 Å². The molecule has 0 N–H and O–H groups in total. The van der Waals surface area contributed by atoms with Crippen molar-refractivity contribution in [2.45, 2.75) is 19.3 Å². The van der Waals surface area contributed by atoms with E-state index in [4.69, 9.17) is 0 Å². The van der Waals surface area contributed by atoms with E-state index in [1.807, 2.05) is 0 Å². The number of ether oxygens (including phenoxy) is 1. The maximum absolute atomic E-state index is 12.9. The lowest BCUT2D eigenvalue weighted by molar-refractivity contribution is -0.144. The number of amides is 2. The molecule has 0 unspecified atom stereocenters. The van der Waals surface area contributed by atoms with E-state index in [1.165, 1.54) is 19.2 Å². The minimum absolute atomic E-state index is 0.0386. The predicted octanol–water partition coefficient (Wildman–Crippen LogP) is 0.992. The highest BCUT2D eigenvalue weighted by molar-refractivity contribution is 5.82. The fourth-order valence-electron chi connectivity index (χ4n) is 2.56. The lowest BCUT2D eigenvalue weighted by Gasteiger charge is -2.35. The Morgan fingerprint density at radius 2 is 1.50 bits per heavy atom. The SMILES string of the molecule is COC(=O)CCC(=O)N1CCN(C(=O)Cc2ccc(F)cc2)CC1. The van der Waals surface area contributed by atoms with Gasteiger partial charge in [-0.1, -0.05) is 12.1 Å². The van der Waals surface area contributed by atoms with Crippen LogP contribution in [0.25, 0.3) is 0 Å². The van der Waals surface area contributed by atoms with Crippen LogP contribution in [0.5, 0.6) is 0 Å². The third kappa shape index (κ3) is 5.04. The fraction of sp³-hybridized carbons (Fsp3) is 0.471. The van der Waals surface area contributed by atoms with Crippen LogP contribution in [0.2, 0.25) is 0 Å². The second-order valence-corrected chi connectivity index (χ2v) is 5.64. The Kier molecular flexibility index (Phi) is 6.28. The first kappa shape index (κ1) is 17.9. The summed E-state index contributed by atoms with van der Waals surface area (Å²) < 4.78 is 17.4.